The van der Waals surface area contributed by atoms with E-state index in [2.05, 4.69) is 143 Å². The van der Waals surface area contributed by atoms with Gasteiger partial charge in [0.2, 0.25) is 0 Å². The minimum atomic E-state index is -3.26. The molecule has 46 heavy (non-hydrogen) atoms. The normalized spacial score (nSPS) is 12.6. The molecule has 4 heteroatoms. The molecule has 0 saturated heterocycles. The number of anilines is 6. The summed E-state index contributed by atoms with van der Waals surface area (Å²) in [4.78, 5) is 4.47. The fraction of sp³-hybridized carbons (Fsp3) is 0. The summed E-state index contributed by atoms with van der Waals surface area (Å²) in [5, 5.41) is 2.57. The lowest BCUT2D eigenvalue weighted by Crippen LogP contribution is -2.22. The molecule has 0 bridgehead atoms. The molecule has 1 aliphatic rings. The molecule has 0 fully saturated rings. The highest BCUT2D eigenvalue weighted by atomic mass is 31.2. The molecule has 0 aromatic heterocycles. The Kier molecular flexibility index (Phi) is 7.10. The van der Waals surface area contributed by atoms with Crippen molar-refractivity contribution < 1.29 is 4.57 Å². The van der Waals surface area contributed by atoms with Crippen molar-refractivity contribution in [3.8, 4) is 11.1 Å². The summed E-state index contributed by atoms with van der Waals surface area (Å²) < 4.78 is 15.9. The first-order valence-corrected chi connectivity index (χ1v) is 17.2. The van der Waals surface area contributed by atoms with Gasteiger partial charge in [-0.1, -0.05) is 115 Å². The second-order valence-corrected chi connectivity index (χ2v) is 14.1. The van der Waals surface area contributed by atoms with Crippen LogP contribution in [0.2, 0.25) is 0 Å². The maximum atomic E-state index is 15.9. The first-order valence-electron chi connectivity index (χ1n) is 15.5. The van der Waals surface area contributed by atoms with E-state index in [4.69, 9.17) is 0 Å². The highest BCUT2D eigenvalue weighted by Crippen LogP contribution is 2.54. The van der Waals surface area contributed by atoms with Gasteiger partial charge in [-0.15, -0.1) is 0 Å². The van der Waals surface area contributed by atoms with E-state index >= 15 is 4.57 Å². The van der Waals surface area contributed by atoms with Gasteiger partial charge in [-0.3, -0.25) is 0 Å². The SMILES string of the molecule is O=P1(c2ccccc2)c2cc(N(c3ccccc3)c3ccccc3)ccc2-c2ccc(N(c3ccccc3)c3ccccc3)cc21. The van der Waals surface area contributed by atoms with Gasteiger partial charge >= 0.3 is 0 Å². The van der Waals surface area contributed by atoms with Crippen molar-refractivity contribution in [2.45, 2.75) is 0 Å². The summed E-state index contributed by atoms with van der Waals surface area (Å²) in [7, 11) is -3.26. The molecule has 220 valence electrons. The van der Waals surface area contributed by atoms with E-state index in [0.717, 1.165) is 61.2 Å². The van der Waals surface area contributed by atoms with Crippen molar-refractivity contribution in [1.29, 1.82) is 0 Å². The van der Waals surface area contributed by atoms with Gasteiger partial charge in [0.1, 0.15) is 0 Å². The molecular formula is C42H31N2OP. The van der Waals surface area contributed by atoms with Crippen LogP contribution in [-0.2, 0) is 4.57 Å². The van der Waals surface area contributed by atoms with Crippen LogP contribution in [0.25, 0.3) is 11.1 Å². The highest BCUT2D eigenvalue weighted by Gasteiger charge is 2.41. The van der Waals surface area contributed by atoms with Crippen LogP contribution in [0, 0.1) is 0 Å². The molecule has 8 rings (SSSR count). The zero-order chi connectivity index (χ0) is 30.9. The molecule has 0 saturated carbocycles. The number of hydrogen-bond acceptors (Lipinski definition) is 3. The monoisotopic (exact) mass is 610 g/mol. The second kappa shape index (κ2) is 11.7. The first-order chi connectivity index (χ1) is 22.7. The molecular weight excluding hydrogens is 579 g/mol. The predicted octanol–water partition coefficient (Wildman–Crippen LogP) is 10.2. The lowest BCUT2D eigenvalue weighted by molar-refractivity contribution is 0.593. The first kappa shape index (κ1) is 27.9. The molecule has 0 spiro atoms. The standard InChI is InChI=1S/C42H31N2OP/c45-46(38-24-14-5-15-25-38)41-30-36(43(32-16-6-1-7-17-32)33-18-8-2-9-19-33)26-28-39(41)40-29-27-37(31-42(40)46)44(34-20-10-3-11-21-34)35-22-12-4-13-23-35/h1-31H. The van der Waals surface area contributed by atoms with Gasteiger partial charge in [0, 0.05) is 50.0 Å². The van der Waals surface area contributed by atoms with Gasteiger partial charge in [-0.05, 0) is 83.9 Å². The third kappa shape index (κ3) is 4.74. The Morgan fingerprint density at radius 3 is 0.957 bits per heavy atom. The zero-order valence-corrected chi connectivity index (χ0v) is 26.0. The van der Waals surface area contributed by atoms with Crippen LogP contribution in [0.1, 0.15) is 0 Å². The smallest absolute Gasteiger partial charge is 0.172 e. The van der Waals surface area contributed by atoms with Crippen LogP contribution in [-0.4, -0.2) is 0 Å². The average molecular weight is 611 g/mol. The summed E-state index contributed by atoms with van der Waals surface area (Å²) >= 11 is 0. The molecule has 0 radical (unpaired) electrons. The highest BCUT2D eigenvalue weighted by molar-refractivity contribution is 7.86. The molecule has 0 N–H and O–H groups in total. The Hall–Kier alpha value is -5.63. The molecule has 0 unspecified atom stereocenters. The Morgan fingerprint density at radius 1 is 0.326 bits per heavy atom. The Bertz CT molecular complexity index is 1960. The van der Waals surface area contributed by atoms with Crippen molar-refractivity contribution in [3.05, 3.63) is 188 Å². The molecule has 3 nitrogen and oxygen atoms in total. The minimum absolute atomic E-state index is 0.834. The van der Waals surface area contributed by atoms with Crippen LogP contribution < -0.4 is 25.7 Å². The number of rotatable bonds is 7. The summed E-state index contributed by atoms with van der Waals surface area (Å²) in [5.74, 6) is 0. The van der Waals surface area contributed by atoms with E-state index in [9.17, 15) is 0 Å². The summed E-state index contributed by atoms with van der Waals surface area (Å²) in [5.41, 5.74) is 8.15. The second-order valence-electron chi connectivity index (χ2n) is 11.4. The van der Waals surface area contributed by atoms with Crippen LogP contribution in [0.15, 0.2) is 188 Å². The van der Waals surface area contributed by atoms with Gasteiger partial charge in [-0.25, -0.2) is 0 Å². The lowest BCUT2D eigenvalue weighted by atomic mass is 10.0. The molecule has 0 aliphatic carbocycles. The molecule has 1 aliphatic heterocycles. The number of hydrogen-bond donors (Lipinski definition) is 0. The van der Waals surface area contributed by atoms with Gasteiger partial charge in [0.25, 0.3) is 0 Å². The van der Waals surface area contributed by atoms with Crippen molar-refractivity contribution in [3.63, 3.8) is 0 Å². The molecule has 0 atom stereocenters. The summed E-state index contributed by atoms with van der Waals surface area (Å²) in [6.07, 6.45) is 0. The van der Waals surface area contributed by atoms with Crippen molar-refractivity contribution in [2.24, 2.45) is 0 Å². The largest absolute Gasteiger partial charge is 0.310 e. The van der Waals surface area contributed by atoms with Crippen molar-refractivity contribution in [1.82, 2.24) is 0 Å². The van der Waals surface area contributed by atoms with E-state index in [1.54, 1.807) is 0 Å². The molecule has 0 amide bonds. The topological polar surface area (TPSA) is 23.6 Å². The molecule has 7 aromatic rings. The number of benzene rings is 7. The zero-order valence-electron chi connectivity index (χ0n) is 25.1. The van der Waals surface area contributed by atoms with Gasteiger partial charge < -0.3 is 14.4 Å². The summed E-state index contributed by atoms with van der Waals surface area (Å²) in [6.45, 7) is 0. The fourth-order valence-corrected chi connectivity index (χ4v) is 9.65. The molecule has 7 aromatic carbocycles. The average Bonchev–Trinajstić information content (AvgIpc) is 3.38. The van der Waals surface area contributed by atoms with E-state index in [1.165, 1.54) is 0 Å². The van der Waals surface area contributed by atoms with E-state index in [-0.39, 0.29) is 0 Å². The number of para-hydroxylation sites is 4. The van der Waals surface area contributed by atoms with Crippen LogP contribution in [0.5, 0.6) is 0 Å². The minimum Gasteiger partial charge on any atom is -0.310 e. The van der Waals surface area contributed by atoms with Crippen LogP contribution in [0.3, 0.4) is 0 Å². The lowest BCUT2D eigenvalue weighted by Gasteiger charge is -2.27. The van der Waals surface area contributed by atoms with E-state index < -0.39 is 7.14 Å². The fourth-order valence-electron chi connectivity index (χ4n) is 6.54. The van der Waals surface area contributed by atoms with Gasteiger partial charge in [0.05, 0.1) is 0 Å². The molecule has 1 heterocycles. The predicted molar refractivity (Wildman–Crippen MR) is 194 cm³/mol. The third-order valence-corrected chi connectivity index (χ3v) is 11.7. The summed E-state index contributed by atoms with van der Waals surface area (Å²) in [6, 6.07) is 64.3. The number of fused-ring (bicyclic) bond motifs is 3. The van der Waals surface area contributed by atoms with Gasteiger partial charge in [0.15, 0.2) is 7.14 Å². The van der Waals surface area contributed by atoms with Crippen LogP contribution in [0.4, 0.5) is 34.1 Å². The Balaban J connectivity index is 1.34. The maximum Gasteiger partial charge on any atom is 0.172 e. The van der Waals surface area contributed by atoms with Crippen molar-refractivity contribution in [2.75, 3.05) is 9.80 Å². The third-order valence-electron chi connectivity index (χ3n) is 8.63. The quantitative estimate of drug-likeness (QED) is 0.168. The van der Waals surface area contributed by atoms with E-state index in [1.807, 2.05) is 54.6 Å². The Morgan fingerprint density at radius 2 is 0.630 bits per heavy atom. The van der Waals surface area contributed by atoms with Crippen LogP contribution >= 0.6 is 7.14 Å². The Labute approximate surface area is 270 Å². The number of nitrogens with zero attached hydrogens (tertiary/aromatic N) is 2. The maximum absolute atomic E-state index is 15.9. The van der Waals surface area contributed by atoms with Gasteiger partial charge in [-0.2, -0.15) is 0 Å². The van der Waals surface area contributed by atoms with Crippen molar-refractivity contribution >= 4 is 57.2 Å². The van der Waals surface area contributed by atoms with E-state index in [0.29, 0.717) is 0 Å².